The van der Waals surface area contributed by atoms with Gasteiger partial charge in [0.2, 0.25) is 0 Å². The molecule has 2 aromatic rings. The van der Waals surface area contributed by atoms with Crippen LogP contribution in [-0.4, -0.2) is 10.1 Å². The van der Waals surface area contributed by atoms with E-state index in [9.17, 15) is 5.11 Å². The number of nitrogens with two attached hydrogens (primary N) is 1. The number of benzene rings is 1. The normalized spacial score (nSPS) is 10.2. The molecule has 0 amide bonds. The second-order valence-corrected chi connectivity index (χ2v) is 3.98. The number of anilines is 2. The Kier molecular flexibility index (Phi) is 3.35. The molecule has 0 aliphatic heterocycles. The van der Waals surface area contributed by atoms with Crippen LogP contribution in [0.2, 0.25) is 5.15 Å². The van der Waals surface area contributed by atoms with Crippen LogP contribution in [0, 0.1) is 0 Å². The number of nitrogen functional groups attached to an aromatic ring is 1. The molecule has 4 nitrogen and oxygen atoms in total. The molecule has 1 heterocycles. The molecule has 0 unspecified atom stereocenters. The van der Waals surface area contributed by atoms with Gasteiger partial charge in [-0.1, -0.05) is 29.8 Å². The molecule has 5 heteroatoms. The van der Waals surface area contributed by atoms with Gasteiger partial charge >= 0.3 is 0 Å². The van der Waals surface area contributed by atoms with Gasteiger partial charge in [-0.25, -0.2) is 4.98 Å². The Morgan fingerprint density at radius 1 is 1.29 bits per heavy atom. The van der Waals surface area contributed by atoms with E-state index in [1.54, 1.807) is 24.3 Å². The Hall–Kier alpha value is -1.94. The SMILES string of the molecule is Nc1cc(Cl)nc(NCc2ccccc2O)c1. The van der Waals surface area contributed by atoms with E-state index in [2.05, 4.69) is 10.3 Å². The molecule has 2 rings (SSSR count). The van der Waals surface area contributed by atoms with Gasteiger partial charge in [0.15, 0.2) is 0 Å². The van der Waals surface area contributed by atoms with Crippen LogP contribution in [0.4, 0.5) is 11.5 Å². The van der Waals surface area contributed by atoms with Crippen LogP contribution in [0.15, 0.2) is 36.4 Å². The number of hydrogen-bond donors (Lipinski definition) is 3. The zero-order valence-electron chi connectivity index (χ0n) is 9.02. The van der Waals surface area contributed by atoms with Crippen LogP contribution >= 0.6 is 11.6 Å². The smallest absolute Gasteiger partial charge is 0.133 e. The first-order valence-corrected chi connectivity index (χ1v) is 5.47. The number of aromatic nitrogens is 1. The van der Waals surface area contributed by atoms with Crippen LogP contribution in [0.1, 0.15) is 5.56 Å². The highest BCUT2D eigenvalue weighted by Gasteiger charge is 2.01. The summed E-state index contributed by atoms with van der Waals surface area (Å²) in [7, 11) is 0. The fraction of sp³-hybridized carbons (Fsp3) is 0.0833. The molecule has 88 valence electrons. The Labute approximate surface area is 104 Å². The van der Waals surface area contributed by atoms with E-state index in [-0.39, 0.29) is 5.75 Å². The molecule has 0 atom stereocenters. The number of para-hydroxylation sites is 1. The van der Waals surface area contributed by atoms with Gasteiger partial charge in [-0.05, 0) is 12.1 Å². The maximum absolute atomic E-state index is 9.59. The van der Waals surface area contributed by atoms with Gasteiger partial charge in [-0.2, -0.15) is 0 Å². The topological polar surface area (TPSA) is 71.2 Å². The lowest BCUT2D eigenvalue weighted by Gasteiger charge is -2.08. The molecule has 0 saturated carbocycles. The van der Waals surface area contributed by atoms with Crippen molar-refractivity contribution in [1.29, 1.82) is 0 Å². The van der Waals surface area contributed by atoms with Gasteiger partial charge in [-0.3, -0.25) is 0 Å². The van der Waals surface area contributed by atoms with Crippen molar-refractivity contribution in [2.45, 2.75) is 6.54 Å². The van der Waals surface area contributed by atoms with Gasteiger partial charge in [0, 0.05) is 23.9 Å². The first kappa shape index (κ1) is 11.5. The van der Waals surface area contributed by atoms with Gasteiger partial charge in [-0.15, -0.1) is 0 Å². The minimum atomic E-state index is 0.245. The van der Waals surface area contributed by atoms with E-state index in [1.165, 1.54) is 0 Å². The van der Waals surface area contributed by atoms with E-state index in [0.29, 0.717) is 23.2 Å². The van der Waals surface area contributed by atoms with Crippen molar-refractivity contribution in [3.63, 3.8) is 0 Å². The average molecular weight is 250 g/mol. The fourth-order valence-electron chi connectivity index (χ4n) is 1.45. The molecule has 17 heavy (non-hydrogen) atoms. The van der Waals surface area contributed by atoms with Crippen molar-refractivity contribution < 1.29 is 5.11 Å². The summed E-state index contributed by atoms with van der Waals surface area (Å²) in [6, 6.07) is 10.4. The largest absolute Gasteiger partial charge is 0.508 e. The van der Waals surface area contributed by atoms with E-state index >= 15 is 0 Å². The second kappa shape index (κ2) is 4.93. The highest BCUT2D eigenvalue weighted by atomic mass is 35.5. The van der Waals surface area contributed by atoms with Crippen LogP contribution in [0.3, 0.4) is 0 Å². The maximum atomic E-state index is 9.59. The lowest BCUT2D eigenvalue weighted by molar-refractivity contribution is 0.469. The van der Waals surface area contributed by atoms with Crippen molar-refractivity contribution in [2.24, 2.45) is 0 Å². The molecule has 0 spiro atoms. The Bertz CT molecular complexity index is 511. The number of aromatic hydroxyl groups is 1. The minimum absolute atomic E-state index is 0.245. The number of rotatable bonds is 3. The van der Waals surface area contributed by atoms with Crippen LogP contribution in [0.25, 0.3) is 0 Å². The van der Waals surface area contributed by atoms with Gasteiger partial charge in [0.05, 0.1) is 0 Å². The third kappa shape index (κ3) is 3.01. The minimum Gasteiger partial charge on any atom is -0.508 e. The van der Waals surface area contributed by atoms with E-state index in [1.807, 2.05) is 12.1 Å². The Morgan fingerprint density at radius 2 is 2.06 bits per heavy atom. The van der Waals surface area contributed by atoms with Crippen LogP contribution in [-0.2, 0) is 6.54 Å². The van der Waals surface area contributed by atoms with Crippen molar-refractivity contribution in [1.82, 2.24) is 4.98 Å². The summed E-state index contributed by atoms with van der Waals surface area (Å²) in [6.45, 7) is 0.458. The molecular formula is C12H12ClN3O. The number of hydrogen-bond acceptors (Lipinski definition) is 4. The average Bonchev–Trinajstić information content (AvgIpc) is 2.27. The van der Waals surface area contributed by atoms with Crippen molar-refractivity contribution >= 4 is 23.1 Å². The number of nitrogens with zero attached hydrogens (tertiary/aromatic N) is 1. The number of halogens is 1. The van der Waals surface area contributed by atoms with E-state index in [0.717, 1.165) is 5.56 Å². The lowest BCUT2D eigenvalue weighted by atomic mass is 10.2. The molecule has 1 aromatic heterocycles. The highest BCUT2D eigenvalue weighted by molar-refractivity contribution is 6.29. The molecule has 0 saturated heterocycles. The fourth-order valence-corrected chi connectivity index (χ4v) is 1.67. The molecule has 0 bridgehead atoms. The summed E-state index contributed by atoms with van der Waals surface area (Å²) in [5.74, 6) is 0.827. The maximum Gasteiger partial charge on any atom is 0.133 e. The molecular weight excluding hydrogens is 238 g/mol. The quantitative estimate of drug-likeness (QED) is 0.732. The number of phenolic OH excluding ortho intramolecular Hbond substituents is 1. The lowest BCUT2D eigenvalue weighted by Crippen LogP contribution is -2.02. The summed E-state index contributed by atoms with van der Waals surface area (Å²) >= 11 is 5.78. The predicted molar refractivity (Wildman–Crippen MR) is 69.1 cm³/mol. The third-order valence-corrected chi connectivity index (χ3v) is 2.46. The van der Waals surface area contributed by atoms with Gasteiger partial charge in [0.25, 0.3) is 0 Å². The molecule has 1 aromatic carbocycles. The first-order chi connectivity index (χ1) is 8.15. The summed E-state index contributed by atoms with van der Waals surface area (Å²) < 4.78 is 0. The number of phenols is 1. The predicted octanol–water partition coefficient (Wildman–Crippen LogP) is 2.63. The molecule has 0 aliphatic rings. The monoisotopic (exact) mass is 249 g/mol. The summed E-state index contributed by atoms with van der Waals surface area (Å²) in [4.78, 5) is 4.07. The number of nitrogens with one attached hydrogen (secondary N) is 1. The zero-order valence-corrected chi connectivity index (χ0v) is 9.78. The summed E-state index contributed by atoms with van der Waals surface area (Å²) in [6.07, 6.45) is 0. The number of pyridine rings is 1. The highest BCUT2D eigenvalue weighted by Crippen LogP contribution is 2.19. The summed E-state index contributed by atoms with van der Waals surface area (Å²) in [5.41, 5.74) is 6.98. The van der Waals surface area contributed by atoms with Crippen LogP contribution in [0.5, 0.6) is 5.75 Å². The molecule has 0 fully saturated rings. The van der Waals surface area contributed by atoms with Crippen molar-refractivity contribution in [3.05, 3.63) is 47.1 Å². The van der Waals surface area contributed by atoms with Crippen molar-refractivity contribution in [2.75, 3.05) is 11.1 Å². The van der Waals surface area contributed by atoms with E-state index in [4.69, 9.17) is 17.3 Å². The van der Waals surface area contributed by atoms with E-state index < -0.39 is 0 Å². The van der Waals surface area contributed by atoms with Gasteiger partial charge in [0.1, 0.15) is 16.7 Å². The third-order valence-electron chi connectivity index (χ3n) is 2.27. The molecule has 0 aliphatic carbocycles. The first-order valence-electron chi connectivity index (χ1n) is 5.09. The standard InChI is InChI=1S/C12H12ClN3O/c13-11-5-9(14)6-12(16-11)15-7-8-3-1-2-4-10(8)17/h1-6,17H,7H2,(H3,14,15,16). The molecule has 4 N–H and O–H groups in total. The second-order valence-electron chi connectivity index (χ2n) is 3.59. The van der Waals surface area contributed by atoms with Gasteiger partial charge < -0.3 is 16.2 Å². The van der Waals surface area contributed by atoms with Crippen molar-refractivity contribution in [3.8, 4) is 5.75 Å². The Morgan fingerprint density at radius 3 is 2.76 bits per heavy atom. The Balaban J connectivity index is 2.10. The summed E-state index contributed by atoms with van der Waals surface area (Å²) in [5, 5.41) is 13.0. The van der Waals surface area contributed by atoms with Crippen LogP contribution < -0.4 is 11.1 Å². The zero-order chi connectivity index (χ0) is 12.3. The molecule has 0 radical (unpaired) electrons.